The van der Waals surface area contributed by atoms with Crippen molar-refractivity contribution in [1.29, 1.82) is 0 Å². The van der Waals surface area contributed by atoms with Crippen LogP contribution in [-0.2, 0) is 11.3 Å². The molecule has 0 saturated carbocycles. The Balaban J connectivity index is 3.17. The quantitative estimate of drug-likeness (QED) is 0.784. The molecule has 0 bridgehead atoms. The third-order valence-corrected chi connectivity index (χ3v) is 2.71. The second-order valence-electron chi connectivity index (χ2n) is 3.93. The van der Waals surface area contributed by atoms with Crippen molar-refractivity contribution in [3.8, 4) is 0 Å². The van der Waals surface area contributed by atoms with E-state index in [4.69, 9.17) is 9.84 Å². The monoisotopic (exact) mass is 239 g/mol. The van der Waals surface area contributed by atoms with E-state index in [-0.39, 0.29) is 11.1 Å². The van der Waals surface area contributed by atoms with Crippen LogP contribution in [0.2, 0.25) is 0 Å². The van der Waals surface area contributed by atoms with Crippen molar-refractivity contribution in [3.05, 3.63) is 33.2 Å². The molecular weight excluding hydrogens is 222 g/mol. The van der Waals surface area contributed by atoms with Gasteiger partial charge in [-0.2, -0.15) is 0 Å². The van der Waals surface area contributed by atoms with E-state index in [0.717, 1.165) is 0 Å². The Kier molecular flexibility index (Phi) is 4.45. The van der Waals surface area contributed by atoms with E-state index in [9.17, 15) is 9.59 Å². The second-order valence-corrected chi connectivity index (χ2v) is 3.93. The molecule has 1 aromatic rings. The molecule has 0 fully saturated rings. The molecule has 0 aliphatic heterocycles. The Morgan fingerprint density at radius 2 is 2.12 bits per heavy atom. The summed E-state index contributed by atoms with van der Waals surface area (Å²) in [6.07, 6.45) is 0.680. The Bertz CT molecular complexity index is 476. The third-order valence-electron chi connectivity index (χ3n) is 2.71. The first kappa shape index (κ1) is 13.4. The van der Waals surface area contributed by atoms with E-state index in [1.54, 1.807) is 21.0 Å². The lowest BCUT2D eigenvalue weighted by Crippen LogP contribution is -2.26. The predicted octanol–water partition coefficient (Wildman–Crippen LogP) is 1.20. The number of ether oxygens (including phenoxy) is 1. The zero-order valence-electron chi connectivity index (χ0n) is 10.3. The number of aryl methyl sites for hydroxylation is 1. The van der Waals surface area contributed by atoms with Gasteiger partial charge in [-0.1, -0.05) is 0 Å². The highest BCUT2D eigenvalue weighted by Crippen LogP contribution is 2.11. The first-order valence-corrected chi connectivity index (χ1v) is 5.42. The lowest BCUT2D eigenvalue weighted by atomic mass is 10.1. The molecule has 0 atom stereocenters. The normalized spacial score (nSPS) is 10.5. The van der Waals surface area contributed by atoms with Crippen LogP contribution in [0.1, 0.15) is 28.0 Å². The van der Waals surface area contributed by atoms with E-state index in [2.05, 4.69) is 0 Å². The molecule has 17 heavy (non-hydrogen) atoms. The zero-order valence-corrected chi connectivity index (χ0v) is 10.3. The van der Waals surface area contributed by atoms with Gasteiger partial charge in [0, 0.05) is 32.0 Å². The SMILES string of the molecule is COCCCn1c(C)c(C(=O)O)c(C)cc1=O. The van der Waals surface area contributed by atoms with E-state index >= 15 is 0 Å². The van der Waals surface area contributed by atoms with Crippen LogP contribution in [0, 0.1) is 13.8 Å². The number of carboxylic acids is 1. The summed E-state index contributed by atoms with van der Waals surface area (Å²) in [5, 5.41) is 9.09. The van der Waals surface area contributed by atoms with Crippen molar-refractivity contribution in [1.82, 2.24) is 4.57 Å². The maximum absolute atomic E-state index is 11.8. The summed E-state index contributed by atoms with van der Waals surface area (Å²) < 4.78 is 6.39. The van der Waals surface area contributed by atoms with E-state index in [0.29, 0.717) is 30.8 Å². The topological polar surface area (TPSA) is 68.5 Å². The van der Waals surface area contributed by atoms with Gasteiger partial charge in [-0.15, -0.1) is 0 Å². The average molecular weight is 239 g/mol. The molecule has 0 amide bonds. The standard InChI is InChI=1S/C12H17NO4/c1-8-7-10(14)13(5-4-6-17-3)9(2)11(8)12(15)16/h7H,4-6H2,1-3H3,(H,15,16). The van der Waals surface area contributed by atoms with Gasteiger partial charge in [-0.25, -0.2) is 4.79 Å². The number of pyridine rings is 1. The van der Waals surface area contributed by atoms with Crippen LogP contribution in [0.4, 0.5) is 0 Å². The van der Waals surface area contributed by atoms with Gasteiger partial charge in [-0.3, -0.25) is 4.79 Å². The summed E-state index contributed by atoms with van der Waals surface area (Å²) in [5.41, 5.74) is 1.05. The van der Waals surface area contributed by atoms with Gasteiger partial charge in [0.2, 0.25) is 0 Å². The van der Waals surface area contributed by atoms with Gasteiger partial charge < -0.3 is 14.4 Å². The summed E-state index contributed by atoms with van der Waals surface area (Å²) >= 11 is 0. The summed E-state index contributed by atoms with van der Waals surface area (Å²) in [4.78, 5) is 22.9. The summed E-state index contributed by atoms with van der Waals surface area (Å²) in [5.74, 6) is -1.000. The minimum Gasteiger partial charge on any atom is -0.478 e. The number of aromatic carboxylic acids is 1. The Morgan fingerprint density at radius 1 is 1.47 bits per heavy atom. The molecule has 0 aliphatic rings. The molecular formula is C12H17NO4. The first-order chi connectivity index (χ1) is 7.99. The molecule has 0 aliphatic carbocycles. The number of carbonyl (C=O) groups is 1. The molecule has 1 N–H and O–H groups in total. The van der Waals surface area contributed by atoms with Gasteiger partial charge in [0.15, 0.2) is 0 Å². The van der Waals surface area contributed by atoms with Crippen molar-refractivity contribution in [3.63, 3.8) is 0 Å². The number of methoxy groups -OCH3 is 1. The maximum atomic E-state index is 11.8. The summed E-state index contributed by atoms with van der Waals surface area (Å²) in [7, 11) is 1.59. The van der Waals surface area contributed by atoms with Crippen molar-refractivity contribution >= 4 is 5.97 Å². The van der Waals surface area contributed by atoms with Gasteiger partial charge in [0.25, 0.3) is 5.56 Å². The molecule has 1 rings (SSSR count). The van der Waals surface area contributed by atoms with Crippen LogP contribution in [0.25, 0.3) is 0 Å². The summed E-state index contributed by atoms with van der Waals surface area (Å²) in [6.45, 7) is 4.31. The Labute approximate surface area is 99.6 Å². The smallest absolute Gasteiger partial charge is 0.337 e. The number of rotatable bonds is 5. The fourth-order valence-corrected chi connectivity index (χ4v) is 1.89. The Morgan fingerprint density at radius 3 is 2.65 bits per heavy atom. The van der Waals surface area contributed by atoms with Gasteiger partial charge in [0.05, 0.1) is 5.56 Å². The number of hydrogen-bond donors (Lipinski definition) is 1. The predicted molar refractivity (Wildman–Crippen MR) is 63.6 cm³/mol. The van der Waals surface area contributed by atoms with E-state index in [1.165, 1.54) is 10.6 Å². The number of aromatic nitrogens is 1. The largest absolute Gasteiger partial charge is 0.478 e. The second kappa shape index (κ2) is 5.63. The molecule has 1 aromatic heterocycles. The van der Waals surface area contributed by atoms with Crippen molar-refractivity contribution in [2.45, 2.75) is 26.8 Å². The van der Waals surface area contributed by atoms with Crippen molar-refractivity contribution in [2.24, 2.45) is 0 Å². The van der Waals surface area contributed by atoms with Gasteiger partial charge in [0.1, 0.15) is 0 Å². The molecule has 0 saturated heterocycles. The lowest BCUT2D eigenvalue weighted by Gasteiger charge is -2.13. The highest BCUT2D eigenvalue weighted by molar-refractivity contribution is 5.90. The van der Waals surface area contributed by atoms with Crippen LogP contribution in [0.3, 0.4) is 0 Å². The lowest BCUT2D eigenvalue weighted by molar-refractivity contribution is 0.0694. The average Bonchev–Trinajstić information content (AvgIpc) is 2.21. The number of carboxylic acid groups (broad SMARTS) is 1. The van der Waals surface area contributed by atoms with Gasteiger partial charge >= 0.3 is 5.97 Å². The number of nitrogens with zero attached hydrogens (tertiary/aromatic N) is 1. The fraction of sp³-hybridized carbons (Fsp3) is 0.500. The minimum atomic E-state index is -1.000. The van der Waals surface area contributed by atoms with Crippen LogP contribution < -0.4 is 5.56 Å². The molecule has 0 unspecified atom stereocenters. The van der Waals surface area contributed by atoms with Crippen LogP contribution in [-0.4, -0.2) is 29.4 Å². The molecule has 0 spiro atoms. The molecule has 1 heterocycles. The third kappa shape index (κ3) is 2.94. The molecule has 0 radical (unpaired) electrons. The maximum Gasteiger partial charge on any atom is 0.337 e. The minimum absolute atomic E-state index is 0.166. The van der Waals surface area contributed by atoms with Crippen molar-refractivity contribution in [2.75, 3.05) is 13.7 Å². The zero-order chi connectivity index (χ0) is 13.0. The van der Waals surface area contributed by atoms with Crippen molar-refractivity contribution < 1.29 is 14.6 Å². The Hall–Kier alpha value is -1.62. The van der Waals surface area contributed by atoms with E-state index < -0.39 is 5.97 Å². The highest BCUT2D eigenvalue weighted by Gasteiger charge is 2.15. The van der Waals surface area contributed by atoms with Crippen LogP contribution in [0.5, 0.6) is 0 Å². The first-order valence-electron chi connectivity index (χ1n) is 5.42. The molecule has 5 nitrogen and oxygen atoms in total. The highest BCUT2D eigenvalue weighted by atomic mass is 16.5. The summed E-state index contributed by atoms with van der Waals surface area (Å²) in [6, 6.07) is 1.36. The molecule has 0 aromatic carbocycles. The van der Waals surface area contributed by atoms with Gasteiger partial charge in [-0.05, 0) is 25.8 Å². The number of hydrogen-bond acceptors (Lipinski definition) is 3. The molecule has 5 heteroatoms. The van der Waals surface area contributed by atoms with E-state index in [1.807, 2.05) is 0 Å². The fourth-order valence-electron chi connectivity index (χ4n) is 1.89. The van der Waals surface area contributed by atoms with Crippen LogP contribution >= 0.6 is 0 Å². The molecule has 94 valence electrons. The van der Waals surface area contributed by atoms with Crippen LogP contribution in [0.15, 0.2) is 10.9 Å².